The number of carbonyl (C=O) groups is 2. The van der Waals surface area contributed by atoms with Gasteiger partial charge in [-0.2, -0.15) is 5.10 Å². The first-order chi connectivity index (χ1) is 19.0. The van der Waals surface area contributed by atoms with E-state index in [9.17, 15) is 27.2 Å². The molecule has 0 unspecified atom stereocenters. The molecule has 9 nitrogen and oxygen atoms in total. The summed E-state index contributed by atoms with van der Waals surface area (Å²) in [6, 6.07) is 1.49. The molecule has 0 radical (unpaired) electrons. The van der Waals surface area contributed by atoms with E-state index in [-0.39, 0.29) is 80.3 Å². The van der Waals surface area contributed by atoms with Gasteiger partial charge in [0.15, 0.2) is 11.3 Å². The van der Waals surface area contributed by atoms with Gasteiger partial charge < -0.3 is 15.6 Å². The van der Waals surface area contributed by atoms with E-state index in [0.29, 0.717) is 16.9 Å². The number of hydrogen-bond acceptors (Lipinski definition) is 6. The minimum atomic E-state index is -2.74. The van der Waals surface area contributed by atoms with E-state index < -0.39 is 23.7 Å². The first kappa shape index (κ1) is 26.7. The number of aromatic nitrogens is 4. The fourth-order valence-electron chi connectivity index (χ4n) is 6.26. The lowest BCUT2D eigenvalue weighted by Gasteiger charge is -2.34. The summed E-state index contributed by atoms with van der Waals surface area (Å²) in [5.41, 5.74) is 7.60. The normalized spacial score (nSPS) is 22.5. The van der Waals surface area contributed by atoms with Crippen molar-refractivity contribution in [2.24, 2.45) is 23.5 Å². The molecule has 0 bridgehead atoms. The Morgan fingerprint density at radius 1 is 1.10 bits per heavy atom. The monoisotopic (exact) mass is 562 g/mol. The molecule has 40 heavy (non-hydrogen) atoms. The third kappa shape index (κ3) is 5.42. The summed E-state index contributed by atoms with van der Waals surface area (Å²) in [6.45, 7) is 0. The molecule has 3 aromatic rings. The standard InChI is InChI=1S/C27H30F4N6O3/c28-26(29)5-3-15(4-6-26)22(18-13-40-36-24(18)25(32)39)19-12-37-20(34-19)8-17(11-33-37)23(16-1-2-16)35-21(38)7-14-9-27(30,31)10-14/h8,11-16,22-23H,1-7,9-10H2,(H2,32,39)(H,35,38)/t22-,23+/m0/s1. The molecular weight excluding hydrogens is 532 g/mol. The highest BCUT2D eigenvalue weighted by Gasteiger charge is 2.46. The Morgan fingerprint density at radius 2 is 1.82 bits per heavy atom. The Balaban J connectivity index is 1.27. The van der Waals surface area contributed by atoms with Crippen molar-refractivity contribution in [1.29, 1.82) is 0 Å². The first-order valence-electron chi connectivity index (χ1n) is 13.6. The van der Waals surface area contributed by atoms with E-state index in [1.807, 2.05) is 6.07 Å². The van der Waals surface area contributed by atoms with E-state index in [1.54, 1.807) is 16.9 Å². The maximum Gasteiger partial charge on any atom is 0.271 e. The van der Waals surface area contributed by atoms with Crippen molar-refractivity contribution in [3.05, 3.63) is 47.2 Å². The zero-order valence-electron chi connectivity index (χ0n) is 21.7. The number of amides is 2. The predicted octanol–water partition coefficient (Wildman–Crippen LogP) is 4.78. The minimum absolute atomic E-state index is 0.0606. The Kier molecular flexibility index (Phi) is 6.57. The summed E-state index contributed by atoms with van der Waals surface area (Å²) in [6.07, 6.45) is 5.92. The maximum atomic E-state index is 14.0. The molecule has 13 heteroatoms. The van der Waals surface area contributed by atoms with Gasteiger partial charge in [0, 0.05) is 43.6 Å². The first-order valence-corrected chi connectivity index (χ1v) is 13.6. The van der Waals surface area contributed by atoms with Crippen LogP contribution in [-0.4, -0.2) is 43.4 Å². The van der Waals surface area contributed by atoms with E-state index in [1.165, 1.54) is 6.26 Å². The summed E-state index contributed by atoms with van der Waals surface area (Å²) in [5, 5.41) is 11.2. The summed E-state index contributed by atoms with van der Waals surface area (Å²) in [7, 11) is 0. The van der Waals surface area contributed by atoms with Crippen molar-refractivity contribution in [2.45, 2.75) is 81.6 Å². The number of carbonyl (C=O) groups excluding carboxylic acids is 2. The summed E-state index contributed by atoms with van der Waals surface area (Å²) < 4.78 is 61.0. The van der Waals surface area contributed by atoms with Crippen LogP contribution in [0.15, 0.2) is 29.2 Å². The molecular formula is C27H30F4N6O3. The molecule has 3 saturated carbocycles. The Hall–Kier alpha value is -3.51. The van der Waals surface area contributed by atoms with E-state index >= 15 is 0 Å². The van der Waals surface area contributed by atoms with Gasteiger partial charge in [0.05, 0.1) is 24.1 Å². The number of nitrogens with zero attached hydrogens (tertiary/aromatic N) is 4. The number of primary amides is 1. The predicted molar refractivity (Wildman–Crippen MR) is 133 cm³/mol. The van der Waals surface area contributed by atoms with Gasteiger partial charge in [-0.15, -0.1) is 0 Å². The number of nitrogens with two attached hydrogens (primary N) is 1. The van der Waals surface area contributed by atoms with Crippen LogP contribution in [0.25, 0.3) is 5.65 Å². The second-order valence-electron chi connectivity index (χ2n) is 11.6. The van der Waals surface area contributed by atoms with Crippen molar-refractivity contribution in [2.75, 3.05) is 0 Å². The molecule has 214 valence electrons. The van der Waals surface area contributed by atoms with Crippen molar-refractivity contribution >= 4 is 17.5 Å². The summed E-state index contributed by atoms with van der Waals surface area (Å²) in [5.74, 6) is -7.36. The van der Waals surface area contributed by atoms with Crippen molar-refractivity contribution in [1.82, 2.24) is 25.1 Å². The molecule has 0 saturated heterocycles. The molecule has 3 aliphatic rings. The second-order valence-corrected chi connectivity index (χ2v) is 11.6. The highest BCUT2D eigenvalue weighted by atomic mass is 19.3. The van der Waals surface area contributed by atoms with Crippen LogP contribution < -0.4 is 11.1 Å². The lowest BCUT2D eigenvalue weighted by molar-refractivity contribution is -0.134. The zero-order valence-corrected chi connectivity index (χ0v) is 21.7. The number of hydrogen-bond donors (Lipinski definition) is 2. The molecule has 2 atom stereocenters. The number of nitrogens with one attached hydrogen (secondary N) is 1. The molecule has 3 fully saturated rings. The van der Waals surface area contributed by atoms with E-state index in [4.69, 9.17) is 15.2 Å². The van der Waals surface area contributed by atoms with E-state index in [2.05, 4.69) is 15.6 Å². The van der Waals surface area contributed by atoms with Crippen LogP contribution in [0.2, 0.25) is 0 Å². The van der Waals surface area contributed by atoms with Crippen molar-refractivity contribution < 1.29 is 31.7 Å². The van der Waals surface area contributed by atoms with Crippen LogP contribution in [0.5, 0.6) is 0 Å². The van der Waals surface area contributed by atoms with Crippen LogP contribution in [0, 0.1) is 17.8 Å². The number of imidazole rings is 1. The highest BCUT2D eigenvalue weighted by Crippen LogP contribution is 2.47. The van der Waals surface area contributed by atoms with Gasteiger partial charge in [-0.3, -0.25) is 9.59 Å². The van der Waals surface area contributed by atoms with Gasteiger partial charge >= 0.3 is 0 Å². The Morgan fingerprint density at radius 3 is 2.48 bits per heavy atom. The lowest BCUT2D eigenvalue weighted by Crippen LogP contribution is -2.39. The van der Waals surface area contributed by atoms with Gasteiger partial charge in [-0.05, 0) is 55.1 Å². The fourth-order valence-corrected chi connectivity index (χ4v) is 6.26. The Bertz CT molecular complexity index is 1420. The third-order valence-electron chi connectivity index (χ3n) is 8.50. The van der Waals surface area contributed by atoms with Crippen LogP contribution in [0.4, 0.5) is 17.6 Å². The summed E-state index contributed by atoms with van der Waals surface area (Å²) >= 11 is 0. The average Bonchev–Trinajstić information content (AvgIpc) is 3.43. The minimum Gasteiger partial charge on any atom is -0.364 e. The highest BCUT2D eigenvalue weighted by molar-refractivity contribution is 5.92. The van der Waals surface area contributed by atoms with Crippen LogP contribution in [0.3, 0.4) is 0 Å². The average molecular weight is 563 g/mol. The topological polar surface area (TPSA) is 128 Å². The van der Waals surface area contributed by atoms with Gasteiger partial charge in [-0.25, -0.2) is 27.1 Å². The molecule has 0 aromatic carbocycles. The molecule has 3 aromatic heterocycles. The van der Waals surface area contributed by atoms with Gasteiger partial charge in [-0.1, -0.05) is 5.16 Å². The molecule has 0 aliphatic heterocycles. The molecule has 2 amide bonds. The van der Waals surface area contributed by atoms with E-state index in [0.717, 1.165) is 18.4 Å². The van der Waals surface area contributed by atoms with Crippen LogP contribution >= 0.6 is 0 Å². The number of alkyl halides is 4. The fraction of sp³-hybridized carbons (Fsp3) is 0.593. The maximum absolute atomic E-state index is 14.0. The van der Waals surface area contributed by atoms with Crippen molar-refractivity contribution in [3.63, 3.8) is 0 Å². The van der Waals surface area contributed by atoms with Gasteiger partial charge in [0.2, 0.25) is 17.8 Å². The Labute approximate surface area is 226 Å². The third-order valence-corrected chi connectivity index (χ3v) is 8.50. The number of halogens is 4. The SMILES string of the molecule is NC(=O)c1nocc1[C@@H](c1cn2ncc([C@H](NC(=O)CC3CC(F)(F)C3)C3CC3)cc2n1)C1CCC(F)(F)CC1. The van der Waals surface area contributed by atoms with Gasteiger partial charge in [0.1, 0.15) is 6.26 Å². The second kappa shape index (κ2) is 9.84. The molecule has 3 N–H and O–H groups in total. The smallest absolute Gasteiger partial charge is 0.271 e. The molecule has 3 aliphatic carbocycles. The van der Waals surface area contributed by atoms with Crippen LogP contribution in [0.1, 0.15) is 97.1 Å². The van der Waals surface area contributed by atoms with Crippen molar-refractivity contribution in [3.8, 4) is 0 Å². The number of rotatable bonds is 9. The van der Waals surface area contributed by atoms with Gasteiger partial charge in [0.25, 0.3) is 5.91 Å². The lowest BCUT2D eigenvalue weighted by atomic mass is 9.74. The summed E-state index contributed by atoms with van der Waals surface area (Å²) in [4.78, 5) is 29.5. The zero-order chi connectivity index (χ0) is 28.2. The molecule has 0 spiro atoms. The largest absolute Gasteiger partial charge is 0.364 e. The number of fused-ring (bicyclic) bond motifs is 1. The molecule has 6 rings (SSSR count). The quantitative estimate of drug-likeness (QED) is 0.362. The molecule has 3 heterocycles. The van der Waals surface area contributed by atoms with Crippen LogP contribution in [-0.2, 0) is 4.79 Å².